The number of para-hydroxylation sites is 1. The van der Waals surface area contributed by atoms with Crippen molar-refractivity contribution in [2.75, 3.05) is 45.1 Å². The van der Waals surface area contributed by atoms with Gasteiger partial charge in [-0.25, -0.2) is 9.97 Å². The molecular formula is C20H24N6O. The minimum Gasteiger partial charge on any atom is -0.370 e. The molecule has 1 amide bonds. The topological polar surface area (TPSA) is 77.1 Å². The molecule has 1 fully saturated rings. The molecule has 3 heterocycles. The van der Waals surface area contributed by atoms with Crippen LogP contribution in [0.15, 0.2) is 42.9 Å². The zero-order valence-electron chi connectivity index (χ0n) is 15.5. The van der Waals surface area contributed by atoms with Crippen molar-refractivity contribution in [2.24, 2.45) is 0 Å². The van der Waals surface area contributed by atoms with Crippen molar-refractivity contribution < 1.29 is 4.79 Å². The molecule has 2 N–H and O–H groups in total. The van der Waals surface area contributed by atoms with Crippen LogP contribution in [0.2, 0.25) is 0 Å². The summed E-state index contributed by atoms with van der Waals surface area (Å²) in [4.78, 5) is 28.4. The SMILES string of the molecule is CN1CCN(C(=O)c2cc(NCCc3c[nH]c4ccccc34)ncn2)CC1. The van der Waals surface area contributed by atoms with E-state index >= 15 is 0 Å². The lowest BCUT2D eigenvalue weighted by atomic mass is 10.1. The number of aromatic nitrogens is 3. The zero-order valence-corrected chi connectivity index (χ0v) is 15.5. The van der Waals surface area contributed by atoms with Gasteiger partial charge in [-0.3, -0.25) is 4.79 Å². The van der Waals surface area contributed by atoms with Crippen molar-refractivity contribution in [3.8, 4) is 0 Å². The van der Waals surface area contributed by atoms with Gasteiger partial charge in [0.1, 0.15) is 17.8 Å². The first kappa shape index (κ1) is 17.5. The van der Waals surface area contributed by atoms with E-state index in [1.807, 2.05) is 17.0 Å². The van der Waals surface area contributed by atoms with Crippen molar-refractivity contribution >= 4 is 22.6 Å². The Balaban J connectivity index is 1.37. The summed E-state index contributed by atoms with van der Waals surface area (Å²) in [5.74, 6) is 0.660. The summed E-state index contributed by atoms with van der Waals surface area (Å²) in [6.07, 6.45) is 4.38. The van der Waals surface area contributed by atoms with Crippen molar-refractivity contribution in [3.63, 3.8) is 0 Å². The molecule has 0 unspecified atom stereocenters. The predicted octanol–water partition coefficient (Wildman–Crippen LogP) is 2.00. The van der Waals surface area contributed by atoms with Crippen LogP contribution in [0.5, 0.6) is 0 Å². The molecule has 0 bridgehead atoms. The molecule has 0 aliphatic carbocycles. The Hall–Kier alpha value is -2.93. The van der Waals surface area contributed by atoms with Gasteiger partial charge < -0.3 is 20.1 Å². The summed E-state index contributed by atoms with van der Waals surface area (Å²) in [7, 11) is 2.07. The van der Waals surface area contributed by atoms with E-state index in [1.54, 1.807) is 6.07 Å². The van der Waals surface area contributed by atoms with Crippen LogP contribution in [0.3, 0.4) is 0 Å². The fourth-order valence-corrected chi connectivity index (χ4v) is 3.41. The van der Waals surface area contributed by atoms with Crippen LogP contribution in [0.25, 0.3) is 10.9 Å². The Morgan fingerprint density at radius 1 is 1.19 bits per heavy atom. The first-order valence-corrected chi connectivity index (χ1v) is 9.29. The number of carbonyl (C=O) groups is 1. The van der Waals surface area contributed by atoms with E-state index in [1.165, 1.54) is 17.3 Å². The average Bonchev–Trinajstić information content (AvgIpc) is 3.12. The summed E-state index contributed by atoms with van der Waals surface area (Å²) in [6.45, 7) is 4.01. The van der Waals surface area contributed by atoms with Gasteiger partial charge in [-0.05, 0) is 25.1 Å². The highest BCUT2D eigenvalue weighted by atomic mass is 16.2. The molecule has 1 aliphatic rings. The standard InChI is InChI=1S/C20H24N6O/c1-25-8-10-26(11-9-25)20(27)18-12-19(24-14-23-18)21-7-6-15-13-22-17-5-3-2-4-16(15)17/h2-5,12-14,22H,6-11H2,1H3,(H,21,23,24). The molecule has 2 aromatic heterocycles. The van der Waals surface area contributed by atoms with Gasteiger partial charge in [0.05, 0.1) is 0 Å². The minimum absolute atomic E-state index is 0.0230. The third-order valence-electron chi connectivity index (χ3n) is 5.05. The molecule has 0 radical (unpaired) electrons. The van der Waals surface area contributed by atoms with Gasteiger partial charge in [-0.2, -0.15) is 0 Å². The van der Waals surface area contributed by atoms with Crippen LogP contribution in [-0.2, 0) is 6.42 Å². The highest BCUT2D eigenvalue weighted by Gasteiger charge is 2.21. The van der Waals surface area contributed by atoms with Gasteiger partial charge in [0.15, 0.2) is 0 Å². The number of anilines is 1. The van der Waals surface area contributed by atoms with Gasteiger partial charge in [-0.1, -0.05) is 18.2 Å². The number of amides is 1. The van der Waals surface area contributed by atoms with Crippen LogP contribution < -0.4 is 5.32 Å². The summed E-state index contributed by atoms with van der Waals surface area (Å²) in [5, 5.41) is 4.55. The second kappa shape index (κ2) is 7.75. The van der Waals surface area contributed by atoms with E-state index in [9.17, 15) is 4.79 Å². The molecule has 7 nitrogen and oxygen atoms in total. The Kier molecular flexibility index (Phi) is 5.02. The van der Waals surface area contributed by atoms with Crippen molar-refractivity contribution in [2.45, 2.75) is 6.42 Å². The number of rotatable bonds is 5. The van der Waals surface area contributed by atoms with Gasteiger partial charge in [0.25, 0.3) is 5.91 Å². The lowest BCUT2D eigenvalue weighted by Crippen LogP contribution is -2.47. The highest BCUT2D eigenvalue weighted by molar-refractivity contribution is 5.93. The normalized spacial score (nSPS) is 15.2. The van der Waals surface area contributed by atoms with E-state index in [4.69, 9.17) is 0 Å². The maximum absolute atomic E-state index is 12.7. The lowest BCUT2D eigenvalue weighted by Gasteiger charge is -2.32. The van der Waals surface area contributed by atoms with Gasteiger partial charge in [0.2, 0.25) is 0 Å². The number of nitrogens with one attached hydrogen (secondary N) is 2. The third-order valence-corrected chi connectivity index (χ3v) is 5.05. The molecule has 4 rings (SSSR count). The van der Waals surface area contributed by atoms with E-state index in [-0.39, 0.29) is 5.91 Å². The van der Waals surface area contributed by atoms with Crippen LogP contribution in [-0.4, -0.2) is 70.4 Å². The Labute approximate surface area is 158 Å². The van der Waals surface area contributed by atoms with Crippen LogP contribution >= 0.6 is 0 Å². The lowest BCUT2D eigenvalue weighted by molar-refractivity contribution is 0.0658. The summed E-state index contributed by atoms with van der Waals surface area (Å²) >= 11 is 0. The largest absolute Gasteiger partial charge is 0.370 e. The number of hydrogen-bond donors (Lipinski definition) is 2. The van der Waals surface area contributed by atoms with Gasteiger partial charge in [-0.15, -0.1) is 0 Å². The fourth-order valence-electron chi connectivity index (χ4n) is 3.41. The number of nitrogens with zero attached hydrogens (tertiary/aromatic N) is 4. The van der Waals surface area contributed by atoms with Crippen LogP contribution in [0.1, 0.15) is 16.1 Å². The van der Waals surface area contributed by atoms with E-state index in [2.05, 4.69) is 50.5 Å². The Bertz CT molecular complexity index is 929. The fraction of sp³-hybridized carbons (Fsp3) is 0.350. The predicted molar refractivity (Wildman–Crippen MR) is 106 cm³/mol. The van der Waals surface area contributed by atoms with Crippen molar-refractivity contribution in [3.05, 3.63) is 54.1 Å². The molecule has 1 aromatic carbocycles. The zero-order chi connectivity index (χ0) is 18.6. The van der Waals surface area contributed by atoms with Crippen LogP contribution in [0.4, 0.5) is 5.82 Å². The molecule has 3 aromatic rings. The van der Waals surface area contributed by atoms with Gasteiger partial charge in [0, 0.05) is 55.9 Å². The molecule has 0 atom stereocenters. The maximum atomic E-state index is 12.7. The first-order chi connectivity index (χ1) is 13.2. The molecule has 1 saturated heterocycles. The number of hydrogen-bond acceptors (Lipinski definition) is 5. The number of aromatic amines is 1. The number of carbonyl (C=O) groups excluding carboxylic acids is 1. The second-order valence-corrected chi connectivity index (χ2v) is 6.92. The number of benzene rings is 1. The molecular weight excluding hydrogens is 340 g/mol. The maximum Gasteiger partial charge on any atom is 0.272 e. The summed E-state index contributed by atoms with van der Waals surface area (Å²) in [6, 6.07) is 10.0. The molecule has 0 saturated carbocycles. The molecule has 1 aliphatic heterocycles. The molecule has 140 valence electrons. The summed E-state index contributed by atoms with van der Waals surface area (Å²) < 4.78 is 0. The van der Waals surface area contributed by atoms with Gasteiger partial charge >= 0.3 is 0 Å². The van der Waals surface area contributed by atoms with Crippen molar-refractivity contribution in [1.29, 1.82) is 0 Å². The monoisotopic (exact) mass is 364 g/mol. The van der Waals surface area contributed by atoms with Crippen molar-refractivity contribution in [1.82, 2.24) is 24.8 Å². The van der Waals surface area contributed by atoms with Crippen LogP contribution in [0, 0.1) is 0 Å². The number of H-pyrrole nitrogens is 1. The van der Waals surface area contributed by atoms with E-state index < -0.39 is 0 Å². The highest BCUT2D eigenvalue weighted by Crippen LogP contribution is 2.18. The minimum atomic E-state index is -0.0230. The first-order valence-electron chi connectivity index (χ1n) is 9.29. The smallest absolute Gasteiger partial charge is 0.272 e. The molecule has 7 heteroatoms. The molecule has 27 heavy (non-hydrogen) atoms. The third kappa shape index (κ3) is 3.93. The Morgan fingerprint density at radius 3 is 2.85 bits per heavy atom. The summed E-state index contributed by atoms with van der Waals surface area (Å²) in [5.41, 5.74) is 2.86. The number of piperazine rings is 1. The Morgan fingerprint density at radius 2 is 2.00 bits per heavy atom. The molecule has 0 spiro atoms. The average molecular weight is 364 g/mol. The quantitative estimate of drug-likeness (QED) is 0.724. The second-order valence-electron chi connectivity index (χ2n) is 6.92. The van der Waals surface area contributed by atoms with E-state index in [0.29, 0.717) is 11.5 Å². The van der Waals surface area contributed by atoms with E-state index in [0.717, 1.165) is 44.7 Å². The number of likely N-dealkylation sites (N-methyl/N-ethyl adjacent to an activating group) is 1. The number of fused-ring (bicyclic) bond motifs is 1.